The largest absolute Gasteiger partial charge is 0.452 e. The summed E-state index contributed by atoms with van der Waals surface area (Å²) < 4.78 is 18.7. The number of carbonyl (C=O) groups is 2. The van der Waals surface area contributed by atoms with Crippen molar-refractivity contribution in [1.29, 1.82) is 0 Å². The molecule has 0 heterocycles. The van der Waals surface area contributed by atoms with Gasteiger partial charge >= 0.3 is 5.97 Å². The van der Waals surface area contributed by atoms with E-state index >= 15 is 0 Å². The van der Waals surface area contributed by atoms with Crippen molar-refractivity contribution in [2.75, 3.05) is 6.61 Å². The van der Waals surface area contributed by atoms with Crippen molar-refractivity contribution < 1.29 is 18.7 Å². The van der Waals surface area contributed by atoms with Crippen LogP contribution >= 0.6 is 11.6 Å². The van der Waals surface area contributed by atoms with E-state index in [0.717, 1.165) is 43.1 Å². The van der Waals surface area contributed by atoms with Gasteiger partial charge in [0.15, 0.2) is 6.61 Å². The monoisotopic (exact) mass is 365 g/mol. The Balaban J connectivity index is 1.34. The van der Waals surface area contributed by atoms with Crippen molar-refractivity contribution in [2.24, 2.45) is 17.8 Å². The van der Waals surface area contributed by atoms with Gasteiger partial charge < -0.3 is 10.1 Å². The number of ether oxygens (including phenoxy) is 1. The van der Waals surface area contributed by atoms with Gasteiger partial charge in [0.25, 0.3) is 5.91 Å². The minimum Gasteiger partial charge on any atom is -0.452 e. The summed E-state index contributed by atoms with van der Waals surface area (Å²) in [5, 5.41) is 3.33. The topological polar surface area (TPSA) is 55.4 Å². The van der Waals surface area contributed by atoms with Crippen LogP contribution in [0.25, 0.3) is 0 Å². The number of rotatable bonds is 4. The molecule has 1 N–H and O–H groups in total. The fourth-order valence-electron chi connectivity index (χ4n) is 5.46. The summed E-state index contributed by atoms with van der Waals surface area (Å²) in [6.07, 6.45) is 6.97. The van der Waals surface area contributed by atoms with Crippen LogP contribution in [0.15, 0.2) is 18.2 Å². The average molecular weight is 366 g/mol. The second kappa shape index (κ2) is 6.27. The first kappa shape index (κ1) is 16.8. The quantitative estimate of drug-likeness (QED) is 0.827. The van der Waals surface area contributed by atoms with Gasteiger partial charge in [-0.25, -0.2) is 9.18 Å². The number of carbonyl (C=O) groups excluding carboxylic acids is 2. The molecule has 0 saturated heterocycles. The number of amides is 1. The molecule has 0 spiro atoms. The zero-order chi connectivity index (χ0) is 17.6. The summed E-state index contributed by atoms with van der Waals surface area (Å²) in [5.41, 5.74) is -0.337. The van der Waals surface area contributed by atoms with E-state index in [1.165, 1.54) is 31.4 Å². The van der Waals surface area contributed by atoms with Crippen molar-refractivity contribution in [3.05, 3.63) is 34.6 Å². The minimum atomic E-state index is -0.852. The molecule has 5 rings (SSSR count). The molecule has 25 heavy (non-hydrogen) atoms. The Hall–Kier alpha value is -1.62. The van der Waals surface area contributed by atoms with Crippen LogP contribution in [0, 0.1) is 23.6 Å². The molecule has 4 aliphatic rings. The Kier molecular flexibility index (Phi) is 4.22. The molecule has 4 nitrogen and oxygen atoms in total. The lowest BCUT2D eigenvalue weighted by Gasteiger charge is -2.56. The molecule has 4 saturated carbocycles. The van der Waals surface area contributed by atoms with Crippen molar-refractivity contribution in [1.82, 2.24) is 5.32 Å². The minimum absolute atomic E-state index is 0.121. The fraction of sp³-hybridized carbons (Fsp3) is 0.579. The van der Waals surface area contributed by atoms with Gasteiger partial charge in [0, 0.05) is 10.6 Å². The number of hydrogen-bond acceptors (Lipinski definition) is 3. The van der Waals surface area contributed by atoms with Crippen LogP contribution in [0.3, 0.4) is 0 Å². The van der Waals surface area contributed by atoms with Crippen molar-refractivity contribution in [3.8, 4) is 0 Å². The van der Waals surface area contributed by atoms with Crippen LogP contribution in [-0.4, -0.2) is 24.0 Å². The van der Waals surface area contributed by atoms with Crippen LogP contribution < -0.4 is 5.32 Å². The first-order valence-electron chi connectivity index (χ1n) is 8.86. The lowest BCUT2D eigenvalue weighted by molar-refractivity contribution is -0.130. The molecular weight excluding hydrogens is 345 g/mol. The molecular formula is C19H21ClFNO3. The zero-order valence-electron chi connectivity index (χ0n) is 13.9. The molecule has 4 bridgehead atoms. The molecule has 1 aromatic rings. The third-order valence-corrected chi connectivity index (χ3v) is 6.16. The normalized spacial score (nSPS) is 32.5. The zero-order valence-corrected chi connectivity index (χ0v) is 14.7. The van der Waals surface area contributed by atoms with E-state index in [9.17, 15) is 14.0 Å². The highest BCUT2D eigenvalue weighted by molar-refractivity contribution is 6.30. The Bertz CT molecular complexity index is 685. The molecule has 6 heteroatoms. The standard InChI is InChI=1S/C19H21ClFNO3/c20-14-1-2-15(16(21)6-14)18(24)25-10-17(23)22-19-7-11-3-12(8-19)5-13(4-11)9-19/h1-2,6,11-13H,3-5,7-10H2,(H,22,23). The van der Waals surface area contributed by atoms with E-state index in [1.54, 1.807) is 0 Å². The van der Waals surface area contributed by atoms with Gasteiger partial charge in [0.05, 0.1) is 5.56 Å². The maximum Gasteiger partial charge on any atom is 0.341 e. The molecule has 0 unspecified atom stereocenters. The van der Waals surface area contributed by atoms with Crippen LogP contribution in [0.5, 0.6) is 0 Å². The summed E-state index contributed by atoms with van der Waals surface area (Å²) in [6, 6.07) is 3.72. The molecule has 0 radical (unpaired) electrons. The smallest absolute Gasteiger partial charge is 0.341 e. The Morgan fingerprint density at radius 3 is 2.32 bits per heavy atom. The number of benzene rings is 1. The van der Waals surface area contributed by atoms with Gasteiger partial charge in [-0.15, -0.1) is 0 Å². The van der Waals surface area contributed by atoms with E-state index in [-0.39, 0.29) is 28.6 Å². The van der Waals surface area contributed by atoms with E-state index in [1.807, 2.05) is 0 Å². The lowest BCUT2D eigenvalue weighted by atomic mass is 9.53. The summed E-state index contributed by atoms with van der Waals surface area (Å²) in [6.45, 7) is -0.386. The molecule has 4 aliphatic carbocycles. The predicted octanol–water partition coefficient (Wildman–Crippen LogP) is 3.72. The summed E-state index contributed by atoms with van der Waals surface area (Å²) >= 11 is 5.67. The van der Waals surface area contributed by atoms with Crippen LogP contribution in [-0.2, 0) is 9.53 Å². The fourth-order valence-corrected chi connectivity index (χ4v) is 5.62. The van der Waals surface area contributed by atoms with E-state index < -0.39 is 11.8 Å². The lowest BCUT2D eigenvalue weighted by Crippen LogP contribution is -2.60. The first-order chi connectivity index (χ1) is 11.9. The number of hydrogen-bond donors (Lipinski definition) is 1. The van der Waals surface area contributed by atoms with Gasteiger partial charge in [0.1, 0.15) is 5.82 Å². The summed E-state index contributed by atoms with van der Waals surface area (Å²) in [5.74, 6) is 0.255. The van der Waals surface area contributed by atoms with E-state index in [4.69, 9.17) is 16.3 Å². The van der Waals surface area contributed by atoms with Gasteiger partial charge in [-0.05, 0) is 74.5 Å². The number of esters is 1. The third kappa shape index (κ3) is 3.39. The molecule has 1 aromatic carbocycles. The van der Waals surface area contributed by atoms with Gasteiger partial charge in [-0.1, -0.05) is 11.6 Å². The van der Waals surface area contributed by atoms with Gasteiger partial charge in [-0.2, -0.15) is 0 Å². The Labute approximate surface area is 151 Å². The molecule has 0 aliphatic heterocycles. The van der Waals surface area contributed by atoms with Crippen molar-refractivity contribution in [3.63, 3.8) is 0 Å². The molecule has 4 fully saturated rings. The highest BCUT2D eigenvalue weighted by Gasteiger charge is 2.51. The Morgan fingerprint density at radius 2 is 1.76 bits per heavy atom. The van der Waals surface area contributed by atoms with Crippen LogP contribution in [0.1, 0.15) is 48.9 Å². The Morgan fingerprint density at radius 1 is 1.16 bits per heavy atom. The third-order valence-electron chi connectivity index (χ3n) is 5.93. The van der Waals surface area contributed by atoms with Crippen molar-refractivity contribution >= 4 is 23.5 Å². The van der Waals surface area contributed by atoms with Gasteiger partial charge in [0.2, 0.25) is 0 Å². The summed E-state index contributed by atoms with van der Waals surface area (Å²) in [7, 11) is 0. The number of halogens is 2. The highest BCUT2D eigenvalue weighted by Crippen LogP contribution is 2.55. The predicted molar refractivity (Wildman–Crippen MR) is 90.7 cm³/mol. The number of nitrogens with one attached hydrogen (secondary N) is 1. The molecule has 0 atom stereocenters. The van der Waals surface area contributed by atoms with Crippen LogP contribution in [0.4, 0.5) is 4.39 Å². The maximum atomic E-state index is 13.7. The highest BCUT2D eigenvalue weighted by atomic mass is 35.5. The van der Waals surface area contributed by atoms with E-state index in [2.05, 4.69) is 5.32 Å². The maximum absolute atomic E-state index is 13.7. The summed E-state index contributed by atoms with van der Waals surface area (Å²) in [4.78, 5) is 24.3. The second-order valence-electron chi connectivity index (χ2n) is 7.95. The molecule has 0 aromatic heterocycles. The van der Waals surface area contributed by atoms with Crippen LogP contribution in [0.2, 0.25) is 5.02 Å². The average Bonchev–Trinajstić information content (AvgIpc) is 2.50. The van der Waals surface area contributed by atoms with Crippen molar-refractivity contribution in [2.45, 2.75) is 44.1 Å². The van der Waals surface area contributed by atoms with E-state index in [0.29, 0.717) is 0 Å². The molecule has 134 valence electrons. The molecule has 1 amide bonds. The van der Waals surface area contributed by atoms with Gasteiger partial charge in [-0.3, -0.25) is 4.79 Å². The second-order valence-corrected chi connectivity index (χ2v) is 8.38. The first-order valence-corrected chi connectivity index (χ1v) is 9.23. The SMILES string of the molecule is O=C(COC(=O)c1ccc(Cl)cc1F)NC12CC3CC(CC(C3)C1)C2.